The van der Waals surface area contributed by atoms with Crippen LogP contribution in [0.5, 0.6) is 0 Å². The van der Waals surface area contributed by atoms with Crippen molar-refractivity contribution >= 4 is 23.1 Å². The molecule has 0 radical (unpaired) electrons. The standard InChI is InChI=1S/C14H15FN2O3/c1-7-2-3-17(6-12(7)18)11-5-10-8(4-9(11)15)13(19)14(20)16-10/h4-5,7,12,18H,2-3,6H2,1H3,(H,16,19,20). The second kappa shape index (κ2) is 4.56. The van der Waals surface area contributed by atoms with Gasteiger partial charge in [0.25, 0.3) is 11.7 Å². The largest absolute Gasteiger partial charge is 0.391 e. The van der Waals surface area contributed by atoms with Crippen LogP contribution in [0, 0.1) is 11.7 Å². The molecule has 2 atom stereocenters. The Morgan fingerprint density at radius 1 is 1.40 bits per heavy atom. The fraction of sp³-hybridized carbons (Fsp3) is 0.429. The molecule has 0 bridgehead atoms. The van der Waals surface area contributed by atoms with E-state index in [0.29, 0.717) is 24.5 Å². The third kappa shape index (κ3) is 1.96. The number of carbonyl (C=O) groups is 2. The van der Waals surface area contributed by atoms with Crippen LogP contribution in [0.3, 0.4) is 0 Å². The van der Waals surface area contributed by atoms with Crippen molar-refractivity contribution in [2.45, 2.75) is 19.4 Å². The zero-order chi connectivity index (χ0) is 14.4. The maximum Gasteiger partial charge on any atom is 0.296 e. The molecule has 1 amide bonds. The number of aliphatic hydroxyl groups is 1. The SMILES string of the molecule is CC1CCN(c2cc3c(cc2F)C(=O)C(=O)N3)CC1O. The summed E-state index contributed by atoms with van der Waals surface area (Å²) in [6.45, 7) is 2.94. The fourth-order valence-corrected chi connectivity index (χ4v) is 2.66. The number of fused-ring (bicyclic) bond motifs is 1. The van der Waals surface area contributed by atoms with Gasteiger partial charge in [0.05, 0.1) is 23.0 Å². The van der Waals surface area contributed by atoms with Gasteiger partial charge in [0.1, 0.15) is 5.82 Å². The number of benzene rings is 1. The number of nitrogens with one attached hydrogen (secondary N) is 1. The Labute approximate surface area is 115 Å². The first-order chi connectivity index (χ1) is 9.47. The Balaban J connectivity index is 1.94. The molecule has 2 aliphatic heterocycles. The first-order valence-corrected chi connectivity index (χ1v) is 6.59. The molecule has 0 spiro atoms. The quantitative estimate of drug-likeness (QED) is 0.757. The van der Waals surface area contributed by atoms with Gasteiger partial charge >= 0.3 is 0 Å². The van der Waals surface area contributed by atoms with Crippen molar-refractivity contribution in [3.05, 3.63) is 23.5 Å². The van der Waals surface area contributed by atoms with Crippen LogP contribution in [0.1, 0.15) is 23.7 Å². The van der Waals surface area contributed by atoms with Crippen LogP contribution in [0.25, 0.3) is 0 Å². The third-order valence-corrected chi connectivity index (χ3v) is 4.05. The predicted octanol–water partition coefficient (Wildman–Crippen LogP) is 1.17. The first kappa shape index (κ1) is 13.1. The van der Waals surface area contributed by atoms with Crippen molar-refractivity contribution < 1.29 is 19.1 Å². The Kier molecular flexibility index (Phi) is 2.97. The average molecular weight is 278 g/mol. The van der Waals surface area contributed by atoms with Crippen LogP contribution in [0.4, 0.5) is 15.8 Å². The van der Waals surface area contributed by atoms with Crippen LogP contribution >= 0.6 is 0 Å². The molecule has 1 saturated heterocycles. The van der Waals surface area contributed by atoms with Gasteiger partial charge in [-0.15, -0.1) is 0 Å². The highest BCUT2D eigenvalue weighted by Crippen LogP contribution is 2.33. The highest BCUT2D eigenvalue weighted by atomic mass is 19.1. The van der Waals surface area contributed by atoms with Crippen molar-refractivity contribution in [3.8, 4) is 0 Å². The highest BCUT2D eigenvalue weighted by Gasteiger charge is 2.32. The van der Waals surface area contributed by atoms with Crippen molar-refractivity contribution in [2.24, 2.45) is 5.92 Å². The molecule has 2 N–H and O–H groups in total. The molecule has 3 rings (SSSR count). The zero-order valence-electron chi connectivity index (χ0n) is 11.0. The summed E-state index contributed by atoms with van der Waals surface area (Å²) >= 11 is 0. The molecular weight excluding hydrogens is 263 g/mol. The van der Waals surface area contributed by atoms with E-state index in [1.165, 1.54) is 6.07 Å². The lowest BCUT2D eigenvalue weighted by atomic mass is 9.95. The lowest BCUT2D eigenvalue weighted by Crippen LogP contribution is -2.43. The molecule has 106 valence electrons. The molecule has 5 nitrogen and oxygen atoms in total. The van der Waals surface area contributed by atoms with Gasteiger partial charge in [-0.1, -0.05) is 6.92 Å². The smallest absolute Gasteiger partial charge is 0.296 e. The summed E-state index contributed by atoms with van der Waals surface area (Å²) in [6, 6.07) is 2.56. The van der Waals surface area contributed by atoms with Crippen molar-refractivity contribution in [3.63, 3.8) is 0 Å². The number of piperidine rings is 1. The van der Waals surface area contributed by atoms with E-state index in [4.69, 9.17) is 0 Å². The predicted molar refractivity (Wildman–Crippen MR) is 71.4 cm³/mol. The molecule has 0 aromatic heterocycles. The number of halogens is 1. The number of ketones is 1. The summed E-state index contributed by atoms with van der Waals surface area (Å²) in [7, 11) is 0. The van der Waals surface area contributed by atoms with Gasteiger partial charge in [-0.25, -0.2) is 4.39 Å². The van der Waals surface area contributed by atoms with E-state index in [0.717, 1.165) is 12.5 Å². The number of Topliss-reactive ketones (excluding diaryl/α,β-unsaturated/α-hetero) is 1. The maximum absolute atomic E-state index is 14.1. The van der Waals surface area contributed by atoms with Gasteiger partial charge in [0.15, 0.2) is 0 Å². The van der Waals surface area contributed by atoms with Crippen LogP contribution in [-0.2, 0) is 4.79 Å². The van der Waals surface area contributed by atoms with Gasteiger partial charge in [-0.2, -0.15) is 0 Å². The Bertz CT molecular complexity index is 602. The second-order valence-corrected chi connectivity index (χ2v) is 5.41. The average Bonchev–Trinajstić information content (AvgIpc) is 2.68. The maximum atomic E-state index is 14.1. The van der Waals surface area contributed by atoms with E-state index in [2.05, 4.69) is 5.32 Å². The van der Waals surface area contributed by atoms with Gasteiger partial charge < -0.3 is 15.3 Å². The van der Waals surface area contributed by atoms with Crippen molar-refractivity contribution in [2.75, 3.05) is 23.3 Å². The Hall–Kier alpha value is -1.95. The summed E-state index contributed by atoms with van der Waals surface area (Å²) in [5, 5.41) is 12.3. The van der Waals surface area contributed by atoms with Crippen LogP contribution < -0.4 is 10.2 Å². The molecule has 20 heavy (non-hydrogen) atoms. The summed E-state index contributed by atoms with van der Waals surface area (Å²) in [4.78, 5) is 24.5. The van der Waals surface area contributed by atoms with Crippen molar-refractivity contribution in [1.82, 2.24) is 0 Å². The number of anilines is 2. The minimum atomic E-state index is -0.733. The molecule has 6 heteroatoms. The molecule has 1 aromatic carbocycles. The molecule has 2 heterocycles. The third-order valence-electron chi connectivity index (χ3n) is 4.05. The van der Waals surface area contributed by atoms with Gasteiger partial charge in [0.2, 0.25) is 0 Å². The zero-order valence-corrected chi connectivity index (χ0v) is 11.0. The van der Waals surface area contributed by atoms with Crippen LogP contribution in [0.2, 0.25) is 0 Å². The summed E-state index contributed by atoms with van der Waals surface area (Å²) in [5.74, 6) is -1.80. The van der Waals surface area contributed by atoms with E-state index in [-0.39, 0.29) is 11.5 Å². The number of nitrogens with zero attached hydrogens (tertiary/aromatic N) is 1. The second-order valence-electron chi connectivity index (χ2n) is 5.41. The minimum absolute atomic E-state index is 0.0715. The molecule has 1 fully saturated rings. The number of carbonyl (C=O) groups excluding carboxylic acids is 2. The number of amides is 1. The monoisotopic (exact) mass is 278 g/mol. The molecule has 2 unspecified atom stereocenters. The van der Waals surface area contributed by atoms with E-state index >= 15 is 0 Å². The van der Waals surface area contributed by atoms with Crippen molar-refractivity contribution in [1.29, 1.82) is 0 Å². The lowest BCUT2D eigenvalue weighted by Gasteiger charge is -2.36. The number of hydrogen-bond acceptors (Lipinski definition) is 4. The molecular formula is C14H15FN2O3. The fourth-order valence-electron chi connectivity index (χ4n) is 2.66. The summed E-state index contributed by atoms with van der Waals surface area (Å²) in [5.41, 5.74) is 0.719. The molecule has 0 saturated carbocycles. The number of aliphatic hydroxyl groups excluding tert-OH is 1. The van der Waals surface area contributed by atoms with E-state index in [1.807, 2.05) is 6.92 Å². The highest BCUT2D eigenvalue weighted by molar-refractivity contribution is 6.51. The lowest BCUT2D eigenvalue weighted by molar-refractivity contribution is -0.112. The number of rotatable bonds is 1. The minimum Gasteiger partial charge on any atom is -0.391 e. The Morgan fingerprint density at radius 2 is 2.15 bits per heavy atom. The van der Waals surface area contributed by atoms with Crippen LogP contribution in [0.15, 0.2) is 12.1 Å². The van der Waals surface area contributed by atoms with Gasteiger partial charge in [-0.05, 0) is 24.5 Å². The first-order valence-electron chi connectivity index (χ1n) is 6.59. The number of hydrogen-bond donors (Lipinski definition) is 2. The van der Waals surface area contributed by atoms with Gasteiger partial charge in [0, 0.05) is 13.1 Å². The van der Waals surface area contributed by atoms with E-state index in [1.54, 1.807) is 4.90 Å². The van der Waals surface area contributed by atoms with Crippen LogP contribution in [-0.4, -0.2) is 36.0 Å². The summed E-state index contributed by atoms with van der Waals surface area (Å²) < 4.78 is 14.1. The normalized spacial score (nSPS) is 25.6. The van der Waals surface area contributed by atoms with E-state index in [9.17, 15) is 19.1 Å². The molecule has 0 aliphatic carbocycles. The Morgan fingerprint density at radius 3 is 2.85 bits per heavy atom. The topological polar surface area (TPSA) is 69.6 Å². The van der Waals surface area contributed by atoms with E-state index < -0.39 is 23.6 Å². The molecule has 1 aromatic rings. The van der Waals surface area contributed by atoms with Gasteiger partial charge in [-0.3, -0.25) is 9.59 Å². The molecule has 2 aliphatic rings. The summed E-state index contributed by atoms with van der Waals surface area (Å²) in [6.07, 6.45) is 0.260. The number of β-amino-alcohol motifs (C(OH)–C–C–N with tert-alkyl or cyclic N) is 1.